The van der Waals surface area contributed by atoms with Crippen molar-refractivity contribution in [3.8, 4) is 0 Å². The van der Waals surface area contributed by atoms with Gasteiger partial charge >= 0.3 is 11.9 Å². The van der Waals surface area contributed by atoms with Crippen LogP contribution in [-0.4, -0.2) is 25.2 Å². The Kier molecular flexibility index (Phi) is 9.56. The Morgan fingerprint density at radius 2 is 1.11 bits per heavy atom. The van der Waals surface area contributed by atoms with E-state index in [4.69, 9.17) is 9.47 Å². The van der Waals surface area contributed by atoms with Gasteiger partial charge in [0.1, 0.15) is 0 Å². The van der Waals surface area contributed by atoms with E-state index >= 15 is 0 Å². The van der Waals surface area contributed by atoms with Crippen molar-refractivity contribution in [3.63, 3.8) is 0 Å². The molecule has 4 nitrogen and oxygen atoms in total. The number of hydrogen-bond acceptors (Lipinski definition) is 4. The Hall–Kier alpha value is -1.66. The molecule has 0 aliphatic rings. The molecule has 0 spiro atoms. The van der Waals surface area contributed by atoms with Crippen LogP contribution < -0.4 is 0 Å². The molecule has 6 heteroatoms. The average molecular weight is 498 g/mol. The second-order valence-corrected chi connectivity index (χ2v) is 7.69. The number of carbonyl (C=O) groups excluding carboxylic acids is 2. The van der Waals surface area contributed by atoms with Gasteiger partial charge in [-0.25, -0.2) is 0 Å². The molecule has 144 valence electrons. The van der Waals surface area contributed by atoms with E-state index in [1.54, 1.807) is 0 Å². The van der Waals surface area contributed by atoms with E-state index in [-0.39, 0.29) is 24.8 Å². The fourth-order valence-corrected chi connectivity index (χ4v) is 3.44. The van der Waals surface area contributed by atoms with Crippen molar-refractivity contribution < 1.29 is 19.1 Å². The molecule has 2 aromatic rings. The number of halogens is 2. The van der Waals surface area contributed by atoms with Gasteiger partial charge in [-0.2, -0.15) is 0 Å². The first-order valence-corrected chi connectivity index (χ1v) is 10.4. The third-order valence-corrected chi connectivity index (χ3v) is 5.49. The Bertz CT molecular complexity index is 698. The van der Waals surface area contributed by atoms with E-state index in [1.165, 1.54) is 0 Å². The molecule has 0 aliphatic carbocycles. The van der Waals surface area contributed by atoms with E-state index in [0.29, 0.717) is 32.5 Å². The number of benzene rings is 2. The molecule has 0 fully saturated rings. The maximum absolute atomic E-state index is 11.7. The Morgan fingerprint density at radius 1 is 0.704 bits per heavy atom. The number of carbonyl (C=O) groups is 2. The highest BCUT2D eigenvalue weighted by Crippen LogP contribution is 2.17. The normalized spacial score (nSPS) is 10.4. The molecule has 0 unspecified atom stereocenters. The zero-order valence-electron chi connectivity index (χ0n) is 15.0. The summed E-state index contributed by atoms with van der Waals surface area (Å²) >= 11 is 6.93. The van der Waals surface area contributed by atoms with Crippen molar-refractivity contribution in [3.05, 3.63) is 68.6 Å². The second-order valence-electron chi connectivity index (χ2n) is 5.98. The van der Waals surface area contributed by atoms with Crippen molar-refractivity contribution >= 4 is 43.8 Å². The highest BCUT2D eigenvalue weighted by molar-refractivity contribution is 9.10. The van der Waals surface area contributed by atoms with E-state index < -0.39 is 0 Å². The van der Waals surface area contributed by atoms with Gasteiger partial charge in [0, 0.05) is 34.6 Å². The van der Waals surface area contributed by atoms with Crippen molar-refractivity contribution in [1.29, 1.82) is 0 Å². The SMILES string of the molecule is O=C(CCCC(=O)OCCc1ccccc1Br)OCCc1ccccc1Br. The molecule has 0 heterocycles. The zero-order valence-corrected chi connectivity index (χ0v) is 18.1. The standard InChI is InChI=1S/C21H22Br2O4/c22-18-8-3-1-6-16(18)12-14-26-20(24)10-5-11-21(25)27-15-13-17-7-2-4-9-19(17)23/h1-4,6-9H,5,10-15H2. The molecule has 0 atom stereocenters. The number of hydrogen-bond donors (Lipinski definition) is 0. The van der Waals surface area contributed by atoms with E-state index in [0.717, 1.165) is 20.1 Å². The van der Waals surface area contributed by atoms with Crippen LogP contribution in [0.2, 0.25) is 0 Å². The Labute approximate surface area is 176 Å². The number of rotatable bonds is 10. The van der Waals surface area contributed by atoms with Gasteiger partial charge in [-0.05, 0) is 29.7 Å². The van der Waals surface area contributed by atoms with Crippen molar-refractivity contribution in [1.82, 2.24) is 0 Å². The summed E-state index contributed by atoms with van der Waals surface area (Å²) in [6.07, 6.45) is 2.18. The topological polar surface area (TPSA) is 52.6 Å². The summed E-state index contributed by atoms with van der Waals surface area (Å²) in [7, 11) is 0. The lowest BCUT2D eigenvalue weighted by Gasteiger charge is -2.07. The predicted molar refractivity (Wildman–Crippen MR) is 111 cm³/mol. The summed E-state index contributed by atoms with van der Waals surface area (Å²) < 4.78 is 12.4. The van der Waals surface area contributed by atoms with Crippen LogP contribution in [0.25, 0.3) is 0 Å². The first-order valence-electron chi connectivity index (χ1n) is 8.84. The van der Waals surface area contributed by atoms with Gasteiger partial charge < -0.3 is 9.47 Å². The molecule has 0 radical (unpaired) electrons. The third kappa shape index (κ3) is 8.26. The van der Waals surface area contributed by atoms with Gasteiger partial charge in [0.2, 0.25) is 0 Å². The van der Waals surface area contributed by atoms with Crippen LogP contribution in [0, 0.1) is 0 Å². The lowest BCUT2D eigenvalue weighted by atomic mass is 10.2. The quantitative estimate of drug-likeness (QED) is 0.420. The largest absolute Gasteiger partial charge is 0.465 e. The number of ether oxygens (including phenoxy) is 2. The molecular weight excluding hydrogens is 476 g/mol. The summed E-state index contributed by atoms with van der Waals surface area (Å²) in [5, 5.41) is 0. The maximum atomic E-state index is 11.7. The second kappa shape index (κ2) is 11.9. The van der Waals surface area contributed by atoms with Gasteiger partial charge in [-0.1, -0.05) is 68.3 Å². The van der Waals surface area contributed by atoms with Crippen molar-refractivity contribution in [2.75, 3.05) is 13.2 Å². The van der Waals surface area contributed by atoms with Gasteiger partial charge in [-0.3, -0.25) is 9.59 Å². The van der Waals surface area contributed by atoms with Crippen LogP contribution in [0.4, 0.5) is 0 Å². The van der Waals surface area contributed by atoms with Crippen LogP contribution in [0.15, 0.2) is 57.5 Å². The third-order valence-electron chi connectivity index (χ3n) is 3.95. The monoisotopic (exact) mass is 496 g/mol. The van der Waals surface area contributed by atoms with Crippen LogP contribution in [0.1, 0.15) is 30.4 Å². The lowest BCUT2D eigenvalue weighted by molar-refractivity contribution is -0.145. The molecule has 0 aliphatic heterocycles. The molecule has 0 saturated heterocycles. The molecule has 27 heavy (non-hydrogen) atoms. The molecule has 0 aromatic heterocycles. The lowest BCUT2D eigenvalue weighted by Crippen LogP contribution is -2.11. The Balaban J connectivity index is 1.54. The maximum Gasteiger partial charge on any atom is 0.305 e. The summed E-state index contributed by atoms with van der Waals surface area (Å²) in [5.41, 5.74) is 2.19. The molecular formula is C21H22Br2O4. The minimum Gasteiger partial charge on any atom is -0.465 e. The molecule has 0 N–H and O–H groups in total. The predicted octanol–water partition coefficient (Wildman–Crippen LogP) is 5.25. The van der Waals surface area contributed by atoms with Crippen LogP contribution >= 0.6 is 31.9 Å². The Morgan fingerprint density at radius 3 is 1.52 bits per heavy atom. The van der Waals surface area contributed by atoms with Crippen molar-refractivity contribution in [2.24, 2.45) is 0 Å². The molecule has 2 rings (SSSR count). The summed E-state index contributed by atoms with van der Waals surface area (Å²) in [6, 6.07) is 15.7. The van der Waals surface area contributed by atoms with Crippen LogP contribution in [-0.2, 0) is 31.9 Å². The van der Waals surface area contributed by atoms with Crippen LogP contribution in [0.5, 0.6) is 0 Å². The zero-order chi connectivity index (χ0) is 19.5. The first kappa shape index (κ1) is 21.6. The fourth-order valence-electron chi connectivity index (χ4n) is 2.47. The average Bonchev–Trinajstić information content (AvgIpc) is 2.65. The summed E-state index contributed by atoms with van der Waals surface area (Å²) in [4.78, 5) is 23.5. The van der Waals surface area contributed by atoms with E-state index in [9.17, 15) is 9.59 Å². The smallest absolute Gasteiger partial charge is 0.305 e. The van der Waals surface area contributed by atoms with E-state index in [2.05, 4.69) is 31.9 Å². The minimum atomic E-state index is -0.289. The molecule has 2 aromatic carbocycles. The van der Waals surface area contributed by atoms with Gasteiger partial charge in [0.15, 0.2) is 0 Å². The van der Waals surface area contributed by atoms with Crippen molar-refractivity contribution in [2.45, 2.75) is 32.1 Å². The molecule has 0 bridgehead atoms. The van der Waals surface area contributed by atoms with Gasteiger partial charge in [-0.15, -0.1) is 0 Å². The first-order chi connectivity index (χ1) is 13.1. The van der Waals surface area contributed by atoms with E-state index in [1.807, 2.05) is 48.5 Å². The summed E-state index contributed by atoms with van der Waals surface area (Å²) in [5.74, 6) is -0.578. The highest BCUT2D eigenvalue weighted by Gasteiger charge is 2.08. The molecule has 0 saturated carbocycles. The van der Waals surface area contributed by atoms with Crippen LogP contribution in [0.3, 0.4) is 0 Å². The van der Waals surface area contributed by atoms with Gasteiger partial charge in [0.25, 0.3) is 0 Å². The minimum absolute atomic E-state index is 0.218. The van der Waals surface area contributed by atoms with Gasteiger partial charge in [0.05, 0.1) is 13.2 Å². The number of esters is 2. The molecule has 0 amide bonds. The highest BCUT2D eigenvalue weighted by atomic mass is 79.9. The fraction of sp³-hybridized carbons (Fsp3) is 0.333. The summed E-state index contributed by atoms with van der Waals surface area (Å²) in [6.45, 7) is 0.662.